The van der Waals surface area contributed by atoms with E-state index in [0.29, 0.717) is 11.3 Å². The fourth-order valence-electron chi connectivity index (χ4n) is 2.54. The van der Waals surface area contributed by atoms with Crippen molar-refractivity contribution in [1.29, 1.82) is 0 Å². The summed E-state index contributed by atoms with van der Waals surface area (Å²) in [7, 11) is -7.64. The minimum Gasteiger partial charge on any atom is -0.279 e. The Morgan fingerprint density at radius 2 is 1.60 bits per heavy atom. The van der Waals surface area contributed by atoms with Gasteiger partial charge in [0.2, 0.25) is 0 Å². The zero-order valence-corrected chi connectivity index (χ0v) is 17.2. The van der Waals surface area contributed by atoms with Crippen molar-refractivity contribution in [2.75, 3.05) is 10.5 Å². The maximum Gasteiger partial charge on any atom is 0.289 e. The first kappa shape index (κ1) is 21.3. The average molecular weight is 448 g/mol. The van der Waals surface area contributed by atoms with Crippen molar-refractivity contribution in [3.8, 4) is 11.3 Å². The zero-order chi connectivity index (χ0) is 21.9. The van der Waals surface area contributed by atoms with Gasteiger partial charge in [0.15, 0.2) is 19.8 Å². The van der Waals surface area contributed by atoms with Crippen molar-refractivity contribution in [3.05, 3.63) is 70.8 Å². The lowest BCUT2D eigenvalue weighted by Gasteiger charge is -2.09. The lowest BCUT2D eigenvalue weighted by Crippen LogP contribution is -2.14. The van der Waals surface area contributed by atoms with Crippen LogP contribution < -0.4 is 4.72 Å². The van der Waals surface area contributed by atoms with Gasteiger partial charge in [-0.15, -0.1) is 10.2 Å². The summed E-state index contributed by atoms with van der Waals surface area (Å²) < 4.78 is 51.0. The maximum atomic E-state index is 12.5. The standard InChI is InChI=1S/C18H16N4O6S2/c1-2-29(25,26)18-12-11-15(19-20-18)13-7-9-14(10-8-13)21-30(27,28)17-6-4-3-5-16(17)22(23)24/h3-12,21H,2H2,1H3. The highest BCUT2D eigenvalue weighted by atomic mass is 32.2. The summed E-state index contributed by atoms with van der Waals surface area (Å²) in [4.78, 5) is 9.88. The predicted molar refractivity (Wildman–Crippen MR) is 109 cm³/mol. The van der Waals surface area contributed by atoms with Crippen LogP contribution in [0.2, 0.25) is 0 Å². The molecule has 0 saturated carbocycles. The largest absolute Gasteiger partial charge is 0.289 e. The first-order valence-electron chi connectivity index (χ1n) is 8.57. The van der Waals surface area contributed by atoms with E-state index in [4.69, 9.17) is 0 Å². The molecular formula is C18H16N4O6S2. The summed E-state index contributed by atoms with van der Waals surface area (Å²) in [5, 5.41) is 18.6. The van der Waals surface area contributed by atoms with Gasteiger partial charge in [-0.05, 0) is 30.3 Å². The lowest BCUT2D eigenvalue weighted by molar-refractivity contribution is -0.387. The highest BCUT2D eigenvalue weighted by Gasteiger charge is 2.25. The zero-order valence-electron chi connectivity index (χ0n) is 15.6. The quantitative estimate of drug-likeness (QED) is 0.428. The summed E-state index contributed by atoms with van der Waals surface area (Å²) in [6.45, 7) is 1.51. The Labute approximate surface area is 172 Å². The van der Waals surface area contributed by atoms with E-state index >= 15 is 0 Å². The van der Waals surface area contributed by atoms with E-state index < -0.39 is 35.4 Å². The Morgan fingerprint density at radius 1 is 0.933 bits per heavy atom. The van der Waals surface area contributed by atoms with Crippen LogP contribution in [0.1, 0.15) is 6.92 Å². The van der Waals surface area contributed by atoms with Crippen molar-refractivity contribution < 1.29 is 21.8 Å². The van der Waals surface area contributed by atoms with Gasteiger partial charge >= 0.3 is 0 Å². The predicted octanol–water partition coefficient (Wildman–Crippen LogP) is 2.65. The van der Waals surface area contributed by atoms with Crippen molar-refractivity contribution >= 4 is 31.2 Å². The Hall–Kier alpha value is -3.38. The molecule has 1 aromatic heterocycles. The topological polar surface area (TPSA) is 149 Å². The molecule has 10 nitrogen and oxygen atoms in total. The number of benzene rings is 2. The number of nitrogens with one attached hydrogen (secondary N) is 1. The van der Waals surface area contributed by atoms with Gasteiger partial charge in [0.1, 0.15) is 0 Å². The summed E-state index contributed by atoms with van der Waals surface area (Å²) in [6.07, 6.45) is 0. The molecule has 30 heavy (non-hydrogen) atoms. The van der Waals surface area contributed by atoms with Crippen LogP contribution in [0, 0.1) is 10.1 Å². The van der Waals surface area contributed by atoms with E-state index in [2.05, 4.69) is 14.9 Å². The molecule has 0 radical (unpaired) electrons. The third-order valence-corrected chi connectivity index (χ3v) is 7.17. The van der Waals surface area contributed by atoms with Crippen LogP contribution in [0.3, 0.4) is 0 Å². The van der Waals surface area contributed by atoms with Gasteiger partial charge in [0.25, 0.3) is 15.7 Å². The number of nitro groups is 1. The number of nitrogens with zero attached hydrogens (tertiary/aromatic N) is 3. The monoisotopic (exact) mass is 448 g/mol. The summed E-state index contributed by atoms with van der Waals surface area (Å²) >= 11 is 0. The van der Waals surface area contributed by atoms with Gasteiger partial charge in [-0.3, -0.25) is 14.8 Å². The summed E-state index contributed by atoms with van der Waals surface area (Å²) in [5.74, 6) is -0.0879. The number of anilines is 1. The van der Waals surface area contributed by atoms with E-state index in [1.807, 2.05) is 0 Å². The molecule has 0 aliphatic carbocycles. The number of sulfone groups is 1. The molecule has 0 bridgehead atoms. The molecule has 0 aliphatic rings. The minimum atomic E-state index is -4.18. The lowest BCUT2D eigenvalue weighted by atomic mass is 10.1. The van der Waals surface area contributed by atoms with E-state index in [9.17, 15) is 26.9 Å². The second-order valence-corrected chi connectivity index (χ2v) is 9.94. The Kier molecular flexibility index (Phi) is 5.80. The molecule has 1 N–H and O–H groups in total. The van der Waals surface area contributed by atoms with Crippen LogP contribution in [0.4, 0.5) is 11.4 Å². The molecule has 0 spiro atoms. The highest BCUT2D eigenvalue weighted by molar-refractivity contribution is 7.93. The normalized spacial score (nSPS) is 11.8. The first-order chi connectivity index (χ1) is 14.1. The Balaban J connectivity index is 1.84. The Bertz CT molecular complexity index is 1290. The van der Waals surface area contributed by atoms with Gasteiger partial charge in [-0.1, -0.05) is 31.2 Å². The van der Waals surface area contributed by atoms with Crippen LogP contribution >= 0.6 is 0 Å². The number of para-hydroxylation sites is 1. The molecular weight excluding hydrogens is 432 g/mol. The minimum absolute atomic E-state index is 0.0879. The van der Waals surface area contributed by atoms with Gasteiger partial charge in [-0.2, -0.15) is 0 Å². The van der Waals surface area contributed by atoms with Gasteiger partial charge in [0, 0.05) is 17.3 Å². The van der Waals surface area contributed by atoms with E-state index in [0.717, 1.165) is 12.1 Å². The van der Waals surface area contributed by atoms with Crippen LogP contribution in [0.5, 0.6) is 0 Å². The smallest absolute Gasteiger partial charge is 0.279 e. The highest BCUT2D eigenvalue weighted by Crippen LogP contribution is 2.26. The Morgan fingerprint density at radius 3 is 2.17 bits per heavy atom. The number of hydrogen-bond acceptors (Lipinski definition) is 8. The summed E-state index contributed by atoms with van der Waals surface area (Å²) in [6, 6.07) is 13.9. The molecule has 12 heteroatoms. The molecule has 3 rings (SSSR count). The van der Waals surface area contributed by atoms with Crippen LogP contribution in [0.15, 0.2) is 70.6 Å². The number of aromatic nitrogens is 2. The van der Waals surface area contributed by atoms with E-state index in [-0.39, 0.29) is 16.5 Å². The van der Waals surface area contributed by atoms with Gasteiger partial charge < -0.3 is 0 Å². The molecule has 0 atom stereocenters. The summed E-state index contributed by atoms with van der Waals surface area (Å²) in [5.41, 5.74) is 0.642. The van der Waals surface area contributed by atoms with Crippen molar-refractivity contribution in [1.82, 2.24) is 10.2 Å². The van der Waals surface area contributed by atoms with Crippen molar-refractivity contribution in [3.63, 3.8) is 0 Å². The van der Waals surface area contributed by atoms with Crippen LogP contribution in [-0.2, 0) is 19.9 Å². The molecule has 0 unspecified atom stereocenters. The number of hydrogen-bond donors (Lipinski definition) is 1. The van der Waals surface area contributed by atoms with E-state index in [1.54, 1.807) is 12.1 Å². The molecule has 0 aliphatic heterocycles. The fraction of sp³-hybridized carbons (Fsp3) is 0.111. The van der Waals surface area contributed by atoms with Crippen LogP contribution in [-0.4, -0.2) is 37.7 Å². The number of nitro benzene ring substituents is 1. The molecule has 2 aromatic carbocycles. The second-order valence-electron chi connectivity index (χ2n) is 6.07. The molecule has 1 heterocycles. The average Bonchev–Trinajstić information content (AvgIpc) is 2.74. The first-order valence-corrected chi connectivity index (χ1v) is 11.7. The molecule has 0 amide bonds. The second kappa shape index (κ2) is 8.16. The van der Waals surface area contributed by atoms with Gasteiger partial charge in [-0.25, -0.2) is 16.8 Å². The molecule has 0 saturated heterocycles. The number of sulfonamides is 1. The SMILES string of the molecule is CCS(=O)(=O)c1ccc(-c2ccc(NS(=O)(=O)c3ccccc3[N+](=O)[O-])cc2)nn1. The van der Waals surface area contributed by atoms with E-state index in [1.165, 1.54) is 43.3 Å². The van der Waals surface area contributed by atoms with Crippen molar-refractivity contribution in [2.24, 2.45) is 0 Å². The maximum absolute atomic E-state index is 12.5. The molecule has 3 aromatic rings. The molecule has 156 valence electrons. The van der Waals surface area contributed by atoms with Crippen molar-refractivity contribution in [2.45, 2.75) is 16.8 Å². The third kappa shape index (κ3) is 4.44. The third-order valence-electron chi connectivity index (χ3n) is 4.12. The fourth-order valence-corrected chi connectivity index (χ4v) is 4.51. The van der Waals surface area contributed by atoms with Gasteiger partial charge in [0.05, 0.1) is 16.4 Å². The number of rotatable bonds is 7. The molecule has 0 fully saturated rings. The van der Waals surface area contributed by atoms with Crippen LogP contribution in [0.25, 0.3) is 11.3 Å².